The van der Waals surface area contributed by atoms with Crippen LogP contribution in [-0.2, 0) is 15.1 Å². The SMILES string of the molecule is Nc1ncnc2c1ncn2[C@H]1C[C@H](F)[C@@H](COC(c2ccccc2)(c2ccccc2)c2ccccc2)O1. The van der Waals surface area contributed by atoms with Gasteiger partial charge >= 0.3 is 0 Å². The lowest BCUT2D eigenvalue weighted by molar-refractivity contribution is -0.0853. The Kier molecular flexibility index (Phi) is 6.12. The molecule has 0 radical (unpaired) electrons. The predicted octanol–water partition coefficient (Wildman–Crippen LogP) is 5.04. The van der Waals surface area contributed by atoms with Crippen LogP contribution in [0, 0.1) is 0 Å². The van der Waals surface area contributed by atoms with Crippen LogP contribution >= 0.6 is 0 Å². The molecule has 0 bridgehead atoms. The fraction of sp³-hybridized carbons (Fsp3) is 0.207. The molecular formula is C29H26FN5O2. The lowest BCUT2D eigenvalue weighted by Crippen LogP contribution is -2.37. The van der Waals surface area contributed by atoms with Crippen molar-refractivity contribution in [1.82, 2.24) is 19.5 Å². The van der Waals surface area contributed by atoms with E-state index in [0.717, 1.165) is 16.7 Å². The monoisotopic (exact) mass is 495 g/mol. The zero-order valence-electron chi connectivity index (χ0n) is 20.0. The number of halogens is 1. The van der Waals surface area contributed by atoms with Gasteiger partial charge in [-0.3, -0.25) is 4.57 Å². The molecular weight excluding hydrogens is 469 g/mol. The number of fused-ring (bicyclic) bond motifs is 1. The number of aromatic nitrogens is 4. The fourth-order valence-electron chi connectivity index (χ4n) is 5.07. The maximum atomic E-state index is 15.4. The molecule has 0 amide bonds. The summed E-state index contributed by atoms with van der Waals surface area (Å²) in [7, 11) is 0. The highest BCUT2D eigenvalue weighted by Crippen LogP contribution is 2.42. The smallest absolute Gasteiger partial charge is 0.167 e. The summed E-state index contributed by atoms with van der Waals surface area (Å²) in [6.45, 7) is 0.0418. The van der Waals surface area contributed by atoms with Crippen molar-refractivity contribution in [2.24, 2.45) is 0 Å². The van der Waals surface area contributed by atoms with Gasteiger partial charge in [-0.15, -0.1) is 0 Å². The third-order valence-electron chi connectivity index (χ3n) is 6.86. The summed E-state index contributed by atoms with van der Waals surface area (Å²) in [5, 5.41) is 0. The van der Waals surface area contributed by atoms with Crippen LogP contribution in [0.3, 0.4) is 0 Å². The van der Waals surface area contributed by atoms with E-state index in [9.17, 15) is 0 Å². The molecule has 8 heteroatoms. The van der Waals surface area contributed by atoms with Gasteiger partial charge in [-0.25, -0.2) is 19.3 Å². The topological polar surface area (TPSA) is 88.1 Å². The van der Waals surface area contributed by atoms with Crippen LogP contribution in [0.15, 0.2) is 104 Å². The normalized spacial score (nSPS) is 19.9. The predicted molar refractivity (Wildman–Crippen MR) is 138 cm³/mol. The zero-order chi connectivity index (χ0) is 25.2. The first kappa shape index (κ1) is 23.3. The second-order valence-electron chi connectivity index (χ2n) is 9.05. The van der Waals surface area contributed by atoms with Crippen molar-refractivity contribution in [2.75, 3.05) is 12.3 Å². The van der Waals surface area contributed by atoms with E-state index < -0.39 is 24.1 Å². The molecule has 37 heavy (non-hydrogen) atoms. The number of hydrogen-bond acceptors (Lipinski definition) is 6. The molecule has 1 saturated heterocycles. The minimum Gasteiger partial charge on any atom is -0.382 e. The molecule has 0 aliphatic carbocycles. The number of nitrogens with two attached hydrogens (primary N) is 1. The van der Waals surface area contributed by atoms with Gasteiger partial charge in [0.05, 0.1) is 12.9 Å². The molecule has 2 N–H and O–H groups in total. The van der Waals surface area contributed by atoms with E-state index in [-0.39, 0.29) is 18.8 Å². The summed E-state index contributed by atoms with van der Waals surface area (Å²) in [6.07, 6.45) is 0.490. The van der Waals surface area contributed by atoms with Crippen LogP contribution in [-0.4, -0.2) is 38.4 Å². The molecule has 1 aliphatic rings. The number of hydrogen-bond donors (Lipinski definition) is 1. The Hall–Kier alpha value is -4.14. The number of imidazole rings is 1. The average molecular weight is 496 g/mol. The van der Waals surface area contributed by atoms with Crippen molar-refractivity contribution >= 4 is 17.0 Å². The first-order valence-corrected chi connectivity index (χ1v) is 12.2. The quantitative estimate of drug-likeness (QED) is 0.318. The standard InChI is InChI=1S/C29H26FN5O2/c30-23-16-25(35-19-34-26-27(31)32-18-33-28(26)35)37-24(23)17-36-29(20-10-4-1-5-11-20,21-12-6-2-7-13-21)22-14-8-3-9-15-22/h1-15,18-19,23-25H,16-17H2,(H2,31,32,33)/t23-,24+,25+/m0/s1. The Balaban J connectivity index is 1.34. The van der Waals surface area contributed by atoms with E-state index in [1.165, 1.54) is 6.33 Å². The molecule has 0 unspecified atom stereocenters. The lowest BCUT2D eigenvalue weighted by atomic mass is 9.80. The van der Waals surface area contributed by atoms with Crippen molar-refractivity contribution < 1.29 is 13.9 Å². The van der Waals surface area contributed by atoms with Crippen LogP contribution in [0.4, 0.5) is 10.2 Å². The van der Waals surface area contributed by atoms with Crippen LogP contribution in [0.1, 0.15) is 29.3 Å². The average Bonchev–Trinajstić information content (AvgIpc) is 3.55. The molecule has 1 aliphatic heterocycles. The van der Waals surface area contributed by atoms with Crippen molar-refractivity contribution in [1.29, 1.82) is 0 Å². The van der Waals surface area contributed by atoms with Gasteiger partial charge in [0.1, 0.15) is 35.9 Å². The van der Waals surface area contributed by atoms with Gasteiger partial charge in [0.15, 0.2) is 11.5 Å². The summed E-state index contributed by atoms with van der Waals surface area (Å²) in [5.74, 6) is 0.275. The molecule has 5 aromatic rings. The highest BCUT2D eigenvalue weighted by Gasteiger charge is 2.42. The largest absolute Gasteiger partial charge is 0.382 e. The van der Waals surface area contributed by atoms with E-state index in [1.807, 2.05) is 91.0 Å². The molecule has 186 valence electrons. The van der Waals surface area contributed by atoms with Gasteiger partial charge < -0.3 is 15.2 Å². The summed E-state index contributed by atoms with van der Waals surface area (Å²) >= 11 is 0. The van der Waals surface area contributed by atoms with E-state index in [2.05, 4.69) is 15.0 Å². The summed E-state index contributed by atoms with van der Waals surface area (Å²) in [6, 6.07) is 30.0. The van der Waals surface area contributed by atoms with Crippen molar-refractivity contribution in [3.05, 3.63) is 120 Å². The van der Waals surface area contributed by atoms with Crippen LogP contribution in [0.25, 0.3) is 11.2 Å². The molecule has 1 fully saturated rings. The number of benzene rings is 3. The molecule has 3 heterocycles. The molecule has 6 rings (SSSR count). The molecule has 3 aromatic carbocycles. The Morgan fingerprint density at radius 2 is 1.43 bits per heavy atom. The first-order valence-electron chi connectivity index (χ1n) is 12.2. The second kappa shape index (κ2) is 9.72. The molecule has 3 atom stereocenters. The van der Waals surface area contributed by atoms with E-state index in [1.54, 1.807) is 10.9 Å². The van der Waals surface area contributed by atoms with Crippen LogP contribution in [0.2, 0.25) is 0 Å². The summed E-state index contributed by atoms with van der Waals surface area (Å²) in [4.78, 5) is 12.5. The van der Waals surface area contributed by atoms with Gasteiger partial charge in [-0.05, 0) is 16.7 Å². The number of alkyl halides is 1. The van der Waals surface area contributed by atoms with Crippen molar-refractivity contribution in [3.8, 4) is 0 Å². The zero-order valence-corrected chi connectivity index (χ0v) is 20.0. The minimum absolute atomic E-state index is 0.0418. The van der Waals surface area contributed by atoms with Crippen molar-refractivity contribution in [3.63, 3.8) is 0 Å². The maximum absolute atomic E-state index is 15.4. The Morgan fingerprint density at radius 1 is 0.865 bits per heavy atom. The fourth-order valence-corrected chi connectivity index (χ4v) is 5.07. The van der Waals surface area contributed by atoms with Gasteiger partial charge in [-0.2, -0.15) is 0 Å². The number of rotatable bonds is 7. The minimum atomic E-state index is -1.23. The number of ether oxygens (including phenoxy) is 2. The van der Waals surface area contributed by atoms with Gasteiger partial charge in [0.2, 0.25) is 0 Å². The number of anilines is 1. The highest BCUT2D eigenvalue weighted by atomic mass is 19.1. The third-order valence-corrected chi connectivity index (χ3v) is 6.86. The first-order chi connectivity index (χ1) is 18.2. The molecule has 7 nitrogen and oxygen atoms in total. The van der Waals surface area contributed by atoms with E-state index >= 15 is 4.39 Å². The number of nitrogens with zero attached hydrogens (tertiary/aromatic N) is 4. The highest BCUT2D eigenvalue weighted by molar-refractivity contribution is 5.81. The molecule has 2 aromatic heterocycles. The van der Waals surface area contributed by atoms with Gasteiger partial charge in [-0.1, -0.05) is 91.0 Å². The lowest BCUT2D eigenvalue weighted by Gasteiger charge is -2.36. The Bertz CT molecular complexity index is 1380. The summed E-state index contributed by atoms with van der Waals surface area (Å²) in [5.41, 5.74) is 8.80. The third kappa shape index (κ3) is 4.14. The molecule has 0 saturated carbocycles. The van der Waals surface area contributed by atoms with Gasteiger partial charge in [0, 0.05) is 6.42 Å². The summed E-state index contributed by atoms with van der Waals surface area (Å²) < 4.78 is 30.1. The van der Waals surface area contributed by atoms with E-state index in [0.29, 0.717) is 11.2 Å². The van der Waals surface area contributed by atoms with Crippen LogP contribution < -0.4 is 5.73 Å². The second-order valence-corrected chi connectivity index (χ2v) is 9.05. The van der Waals surface area contributed by atoms with E-state index in [4.69, 9.17) is 15.2 Å². The van der Waals surface area contributed by atoms with Crippen molar-refractivity contribution in [2.45, 2.75) is 30.5 Å². The van der Waals surface area contributed by atoms with Gasteiger partial charge in [0.25, 0.3) is 0 Å². The maximum Gasteiger partial charge on any atom is 0.167 e. The Morgan fingerprint density at radius 3 is 2.00 bits per heavy atom. The van der Waals surface area contributed by atoms with Crippen LogP contribution in [0.5, 0.6) is 0 Å². The number of nitrogen functional groups attached to an aromatic ring is 1. The Labute approximate surface area is 213 Å². The molecule has 0 spiro atoms.